The molecule has 0 amide bonds. The van der Waals surface area contributed by atoms with Crippen molar-refractivity contribution in [3.8, 4) is 0 Å². The maximum absolute atomic E-state index is 13.1. The zero-order chi connectivity index (χ0) is 72.3. The summed E-state index contributed by atoms with van der Waals surface area (Å²) < 4.78 is 68.5. The first-order valence-corrected chi connectivity index (χ1v) is 43.9. The molecule has 0 bridgehead atoms. The van der Waals surface area contributed by atoms with Gasteiger partial charge in [0.25, 0.3) is 0 Å². The van der Waals surface area contributed by atoms with Gasteiger partial charge in [-0.25, -0.2) is 9.13 Å². The first kappa shape index (κ1) is 96.1. The van der Waals surface area contributed by atoms with Gasteiger partial charge in [-0.3, -0.25) is 37.3 Å². The summed E-state index contributed by atoms with van der Waals surface area (Å²) in [6.45, 7) is 11.8. The molecule has 0 aromatic rings. The van der Waals surface area contributed by atoms with Gasteiger partial charge in [0.05, 0.1) is 26.4 Å². The molecule has 7 atom stereocenters. The Morgan fingerprint density at radius 1 is 0.296 bits per heavy atom. The van der Waals surface area contributed by atoms with Gasteiger partial charge in [0.2, 0.25) is 0 Å². The van der Waals surface area contributed by atoms with E-state index < -0.39 is 97.5 Å². The summed E-state index contributed by atoms with van der Waals surface area (Å²) in [6, 6.07) is 0. The standard InChI is InChI=1S/C79H154O17P2/c1-8-11-12-13-14-15-16-17-18-21-25-28-31-34-37-46-53-60-76(81)89-66-74(95-78(83)62-55-48-38-35-32-29-26-23-20-19-22-24-27-30-33-36-44-51-58-71(6)9-2)68-93-97(85,86)91-64-73(80)65-92-98(87,88)94-69-75(67-90-77(82)61-54-47-41-39-43-50-57-70(4)5)96-79(84)63-56-49-42-40-45-52-59-72(7)10-3/h70-75,80H,8-69H2,1-7H3,(H,85,86)(H,87,88)/t71?,72?,73-,74-,75-/m1/s1. The van der Waals surface area contributed by atoms with Crippen LogP contribution >= 0.6 is 15.6 Å². The first-order chi connectivity index (χ1) is 47.3. The molecule has 19 heteroatoms. The van der Waals surface area contributed by atoms with E-state index >= 15 is 0 Å². The number of esters is 4. The smallest absolute Gasteiger partial charge is 0.462 e. The van der Waals surface area contributed by atoms with Crippen molar-refractivity contribution in [2.45, 2.75) is 426 Å². The number of hydrogen-bond acceptors (Lipinski definition) is 15. The highest BCUT2D eigenvalue weighted by molar-refractivity contribution is 7.47. The summed E-state index contributed by atoms with van der Waals surface area (Å²) >= 11 is 0. The molecule has 0 aliphatic heterocycles. The summed E-state index contributed by atoms with van der Waals surface area (Å²) in [6.07, 6.45) is 57.2. The SMILES string of the molecule is CCCCCCCCCCCCCCCCCCCC(=O)OC[C@H](COP(=O)(O)OC[C@@H](O)COP(=O)(O)OC[C@@H](COC(=O)CCCCCCCCC(C)C)OC(=O)CCCCCCCCC(C)CC)OC(=O)CCCCCCCCCCCCCCCCCCCCC(C)CC. The lowest BCUT2D eigenvalue weighted by molar-refractivity contribution is -0.161. The second kappa shape index (κ2) is 69.4. The Hall–Kier alpha value is -1.94. The van der Waals surface area contributed by atoms with Gasteiger partial charge in [-0.1, -0.05) is 357 Å². The Kier molecular flexibility index (Phi) is 68.1. The lowest BCUT2D eigenvalue weighted by Gasteiger charge is -2.21. The zero-order valence-corrected chi connectivity index (χ0v) is 66.0. The number of rotatable bonds is 77. The summed E-state index contributed by atoms with van der Waals surface area (Å²) in [5, 5.41) is 10.6. The maximum atomic E-state index is 13.1. The van der Waals surface area contributed by atoms with Gasteiger partial charge < -0.3 is 33.8 Å². The molecule has 0 aromatic heterocycles. The van der Waals surface area contributed by atoms with Gasteiger partial charge in [0.1, 0.15) is 19.3 Å². The van der Waals surface area contributed by atoms with E-state index in [-0.39, 0.29) is 25.7 Å². The second-order valence-corrected chi connectivity index (χ2v) is 32.3. The van der Waals surface area contributed by atoms with E-state index in [1.807, 2.05) is 0 Å². The second-order valence-electron chi connectivity index (χ2n) is 29.4. The largest absolute Gasteiger partial charge is 0.472 e. The van der Waals surface area contributed by atoms with Crippen LogP contribution in [0.2, 0.25) is 0 Å². The number of phosphoric acid groups is 2. The molecule has 0 aromatic carbocycles. The van der Waals surface area contributed by atoms with Crippen LogP contribution in [0.5, 0.6) is 0 Å². The van der Waals surface area contributed by atoms with Crippen molar-refractivity contribution in [3.05, 3.63) is 0 Å². The van der Waals surface area contributed by atoms with Crippen molar-refractivity contribution in [3.63, 3.8) is 0 Å². The van der Waals surface area contributed by atoms with Crippen molar-refractivity contribution in [2.24, 2.45) is 17.8 Å². The summed E-state index contributed by atoms with van der Waals surface area (Å²) in [5.41, 5.74) is 0. The van der Waals surface area contributed by atoms with Crippen LogP contribution in [0.4, 0.5) is 0 Å². The third kappa shape index (κ3) is 69.8. The molecule has 0 heterocycles. The van der Waals surface area contributed by atoms with Crippen molar-refractivity contribution in [1.29, 1.82) is 0 Å². The Bertz CT molecular complexity index is 1910. The zero-order valence-electron chi connectivity index (χ0n) is 64.3. The van der Waals surface area contributed by atoms with Crippen LogP contribution in [0.3, 0.4) is 0 Å². The van der Waals surface area contributed by atoms with Gasteiger partial charge in [-0.15, -0.1) is 0 Å². The molecular weight excluding hydrogens is 1280 g/mol. The fraction of sp³-hybridized carbons (Fsp3) is 0.949. The van der Waals surface area contributed by atoms with Gasteiger partial charge in [-0.05, 0) is 43.4 Å². The van der Waals surface area contributed by atoms with Gasteiger partial charge in [0, 0.05) is 25.7 Å². The van der Waals surface area contributed by atoms with E-state index in [2.05, 4.69) is 48.5 Å². The summed E-state index contributed by atoms with van der Waals surface area (Å²) in [5.74, 6) is 0.150. The van der Waals surface area contributed by atoms with E-state index in [9.17, 15) is 43.2 Å². The Morgan fingerprint density at radius 2 is 0.520 bits per heavy atom. The van der Waals surface area contributed by atoms with E-state index in [0.717, 1.165) is 108 Å². The topological polar surface area (TPSA) is 237 Å². The van der Waals surface area contributed by atoms with Crippen molar-refractivity contribution < 1.29 is 80.2 Å². The number of carbonyl (C=O) groups excluding carboxylic acids is 4. The molecule has 98 heavy (non-hydrogen) atoms. The minimum Gasteiger partial charge on any atom is -0.462 e. The van der Waals surface area contributed by atoms with Crippen LogP contribution in [-0.2, 0) is 65.4 Å². The molecule has 0 aliphatic carbocycles. The van der Waals surface area contributed by atoms with E-state index in [4.69, 9.17) is 37.0 Å². The Labute approximate surface area is 600 Å². The molecule has 0 fully saturated rings. The lowest BCUT2D eigenvalue weighted by atomic mass is 9.99. The highest BCUT2D eigenvalue weighted by Crippen LogP contribution is 2.45. The Morgan fingerprint density at radius 3 is 0.776 bits per heavy atom. The van der Waals surface area contributed by atoms with Crippen LogP contribution in [0, 0.1) is 17.8 Å². The van der Waals surface area contributed by atoms with Crippen molar-refractivity contribution in [1.82, 2.24) is 0 Å². The highest BCUT2D eigenvalue weighted by Gasteiger charge is 2.30. The van der Waals surface area contributed by atoms with E-state index in [1.54, 1.807) is 0 Å². The number of ether oxygens (including phenoxy) is 4. The van der Waals surface area contributed by atoms with Crippen LogP contribution in [-0.4, -0.2) is 96.7 Å². The first-order valence-electron chi connectivity index (χ1n) is 40.9. The van der Waals surface area contributed by atoms with Gasteiger partial charge >= 0.3 is 39.5 Å². The predicted molar refractivity (Wildman–Crippen MR) is 400 cm³/mol. The number of aliphatic hydroxyl groups is 1. The summed E-state index contributed by atoms with van der Waals surface area (Å²) in [4.78, 5) is 72.8. The normalized spacial score (nSPS) is 14.6. The van der Waals surface area contributed by atoms with Gasteiger partial charge in [-0.2, -0.15) is 0 Å². The molecule has 0 aliphatic rings. The van der Waals surface area contributed by atoms with Gasteiger partial charge in [0.15, 0.2) is 12.2 Å². The third-order valence-electron chi connectivity index (χ3n) is 19.1. The van der Waals surface area contributed by atoms with Crippen LogP contribution in [0.25, 0.3) is 0 Å². The molecular formula is C79H154O17P2. The van der Waals surface area contributed by atoms with Crippen LogP contribution < -0.4 is 0 Å². The summed E-state index contributed by atoms with van der Waals surface area (Å²) in [7, 11) is -9.91. The van der Waals surface area contributed by atoms with Crippen molar-refractivity contribution in [2.75, 3.05) is 39.6 Å². The molecule has 3 N–H and O–H groups in total. The Balaban J connectivity index is 5.18. The molecule has 0 saturated carbocycles. The molecule has 0 radical (unpaired) electrons. The lowest BCUT2D eigenvalue weighted by Crippen LogP contribution is -2.30. The number of phosphoric ester groups is 2. The number of hydrogen-bond donors (Lipinski definition) is 3. The monoisotopic (exact) mass is 1440 g/mol. The van der Waals surface area contributed by atoms with Crippen LogP contribution in [0.15, 0.2) is 0 Å². The molecule has 0 spiro atoms. The fourth-order valence-corrected chi connectivity index (χ4v) is 13.6. The van der Waals surface area contributed by atoms with E-state index in [1.165, 1.54) is 212 Å². The molecule has 582 valence electrons. The molecule has 4 unspecified atom stereocenters. The molecule has 17 nitrogen and oxygen atoms in total. The van der Waals surface area contributed by atoms with Crippen LogP contribution in [0.1, 0.15) is 408 Å². The third-order valence-corrected chi connectivity index (χ3v) is 21.0. The molecule has 0 rings (SSSR count). The quantitative estimate of drug-likeness (QED) is 0.0222. The minimum absolute atomic E-state index is 0.102. The van der Waals surface area contributed by atoms with E-state index in [0.29, 0.717) is 31.6 Å². The average Bonchev–Trinajstić information content (AvgIpc) is 0.935. The fourth-order valence-electron chi connectivity index (χ4n) is 12.1. The van der Waals surface area contributed by atoms with Crippen molar-refractivity contribution >= 4 is 39.5 Å². The number of aliphatic hydroxyl groups excluding tert-OH is 1. The number of unbranched alkanes of at least 4 members (excludes halogenated alkanes) is 43. The average molecular weight is 1440 g/mol. The highest BCUT2D eigenvalue weighted by atomic mass is 31.2. The predicted octanol–water partition coefficient (Wildman–Crippen LogP) is 23.4. The number of carbonyl (C=O) groups is 4. The minimum atomic E-state index is -4.96. The molecule has 0 saturated heterocycles. The maximum Gasteiger partial charge on any atom is 0.472 e.